The fraction of sp³-hybridized carbons (Fsp3) is 0.600. The van der Waals surface area contributed by atoms with E-state index >= 15 is 0 Å². The zero-order chi connectivity index (χ0) is 12.4. The van der Waals surface area contributed by atoms with Gasteiger partial charge in [0.2, 0.25) is 0 Å². The molecule has 0 spiro atoms. The molecule has 2 nitrogen and oxygen atoms in total. The lowest BCUT2D eigenvalue weighted by Crippen LogP contribution is -2.37. The van der Waals surface area contributed by atoms with Crippen LogP contribution in [0.25, 0.3) is 0 Å². The van der Waals surface area contributed by atoms with Crippen LogP contribution in [0.3, 0.4) is 0 Å². The standard InChI is InChI=1S/C15H24N2/c1-11-5-6-15(9-12(11)2)17-8-7-13(3)16-14(4)10-17/h5-6,9,13-14,16H,7-8,10H2,1-4H3. The molecule has 2 atom stereocenters. The minimum absolute atomic E-state index is 0.564. The van der Waals surface area contributed by atoms with Gasteiger partial charge in [-0.1, -0.05) is 6.07 Å². The van der Waals surface area contributed by atoms with Crippen molar-refractivity contribution in [2.45, 2.75) is 46.2 Å². The summed E-state index contributed by atoms with van der Waals surface area (Å²) in [6.45, 7) is 11.2. The highest BCUT2D eigenvalue weighted by atomic mass is 15.2. The van der Waals surface area contributed by atoms with E-state index in [0.29, 0.717) is 12.1 Å². The van der Waals surface area contributed by atoms with Crippen LogP contribution in [0.15, 0.2) is 18.2 Å². The largest absolute Gasteiger partial charge is 0.370 e. The summed E-state index contributed by atoms with van der Waals surface area (Å²) in [5.41, 5.74) is 4.14. The van der Waals surface area contributed by atoms with Crippen molar-refractivity contribution >= 4 is 5.69 Å². The lowest BCUT2D eigenvalue weighted by atomic mass is 10.1. The highest BCUT2D eigenvalue weighted by Crippen LogP contribution is 2.21. The van der Waals surface area contributed by atoms with Crippen molar-refractivity contribution in [1.82, 2.24) is 5.32 Å². The third-order valence-electron chi connectivity index (χ3n) is 3.75. The second kappa shape index (κ2) is 5.09. The van der Waals surface area contributed by atoms with Crippen molar-refractivity contribution in [3.63, 3.8) is 0 Å². The topological polar surface area (TPSA) is 15.3 Å². The summed E-state index contributed by atoms with van der Waals surface area (Å²) in [6, 6.07) is 8.00. The van der Waals surface area contributed by atoms with Crippen LogP contribution in [-0.4, -0.2) is 25.2 Å². The minimum Gasteiger partial charge on any atom is -0.370 e. The lowest BCUT2D eigenvalue weighted by Gasteiger charge is -2.25. The molecule has 0 saturated carbocycles. The Bertz CT molecular complexity index is 387. The summed E-state index contributed by atoms with van der Waals surface area (Å²) in [6.07, 6.45) is 1.22. The monoisotopic (exact) mass is 232 g/mol. The van der Waals surface area contributed by atoms with Gasteiger partial charge in [-0.2, -0.15) is 0 Å². The summed E-state index contributed by atoms with van der Waals surface area (Å²) < 4.78 is 0. The van der Waals surface area contributed by atoms with Crippen molar-refractivity contribution < 1.29 is 0 Å². The Morgan fingerprint density at radius 1 is 1.12 bits per heavy atom. The number of aryl methyl sites for hydroxylation is 2. The van der Waals surface area contributed by atoms with E-state index in [4.69, 9.17) is 0 Å². The first-order valence-corrected chi connectivity index (χ1v) is 6.64. The van der Waals surface area contributed by atoms with Crippen molar-refractivity contribution in [3.05, 3.63) is 29.3 Å². The molecule has 1 aliphatic rings. The number of nitrogens with one attached hydrogen (secondary N) is 1. The highest BCUT2D eigenvalue weighted by molar-refractivity contribution is 5.51. The molecule has 2 rings (SSSR count). The number of benzene rings is 1. The van der Waals surface area contributed by atoms with E-state index in [1.165, 1.54) is 23.2 Å². The van der Waals surface area contributed by atoms with E-state index in [1.807, 2.05) is 0 Å². The summed E-state index contributed by atoms with van der Waals surface area (Å²) in [5.74, 6) is 0. The molecular weight excluding hydrogens is 208 g/mol. The first-order chi connectivity index (χ1) is 8.06. The molecule has 1 N–H and O–H groups in total. The normalized spacial score (nSPS) is 25.8. The second-order valence-electron chi connectivity index (χ2n) is 5.47. The molecule has 0 aliphatic carbocycles. The van der Waals surface area contributed by atoms with Gasteiger partial charge < -0.3 is 10.2 Å². The van der Waals surface area contributed by atoms with Gasteiger partial charge in [0.15, 0.2) is 0 Å². The van der Waals surface area contributed by atoms with Crippen LogP contribution in [0.4, 0.5) is 5.69 Å². The molecule has 1 aliphatic heterocycles. The van der Waals surface area contributed by atoms with E-state index in [0.717, 1.165) is 13.1 Å². The Balaban J connectivity index is 2.17. The maximum absolute atomic E-state index is 3.63. The number of anilines is 1. The van der Waals surface area contributed by atoms with E-state index in [1.54, 1.807) is 0 Å². The van der Waals surface area contributed by atoms with Crippen LogP contribution in [-0.2, 0) is 0 Å². The van der Waals surface area contributed by atoms with Crippen molar-refractivity contribution in [2.24, 2.45) is 0 Å². The maximum Gasteiger partial charge on any atom is 0.0369 e. The summed E-state index contributed by atoms with van der Waals surface area (Å²) >= 11 is 0. The number of hydrogen-bond acceptors (Lipinski definition) is 2. The van der Waals surface area contributed by atoms with Crippen molar-refractivity contribution in [2.75, 3.05) is 18.0 Å². The Labute approximate surface area is 105 Å². The van der Waals surface area contributed by atoms with E-state index in [9.17, 15) is 0 Å². The van der Waals surface area contributed by atoms with Crippen LogP contribution >= 0.6 is 0 Å². The highest BCUT2D eigenvalue weighted by Gasteiger charge is 2.18. The Hall–Kier alpha value is -1.02. The van der Waals surface area contributed by atoms with Gasteiger partial charge in [-0.25, -0.2) is 0 Å². The van der Waals surface area contributed by atoms with Gasteiger partial charge in [0, 0.05) is 30.9 Å². The SMILES string of the molecule is Cc1ccc(N2CCC(C)NC(C)C2)cc1C. The third kappa shape index (κ3) is 3.01. The van der Waals surface area contributed by atoms with Crippen LogP contribution in [0.5, 0.6) is 0 Å². The molecule has 2 heteroatoms. The van der Waals surface area contributed by atoms with Crippen LogP contribution in [0.2, 0.25) is 0 Å². The molecule has 94 valence electrons. The van der Waals surface area contributed by atoms with Crippen LogP contribution in [0, 0.1) is 13.8 Å². The quantitative estimate of drug-likeness (QED) is 0.801. The molecule has 1 heterocycles. The lowest BCUT2D eigenvalue weighted by molar-refractivity contribution is 0.492. The van der Waals surface area contributed by atoms with Gasteiger partial charge in [0.25, 0.3) is 0 Å². The summed E-state index contributed by atoms with van der Waals surface area (Å²) in [4.78, 5) is 2.51. The molecule has 0 radical (unpaired) electrons. The fourth-order valence-electron chi connectivity index (χ4n) is 2.55. The van der Waals surface area contributed by atoms with Crippen molar-refractivity contribution in [1.29, 1.82) is 0 Å². The maximum atomic E-state index is 3.63. The Kier molecular flexibility index (Phi) is 3.72. The molecule has 0 bridgehead atoms. The van der Waals surface area contributed by atoms with Gasteiger partial charge in [-0.05, 0) is 57.4 Å². The van der Waals surface area contributed by atoms with Gasteiger partial charge in [-0.15, -0.1) is 0 Å². The number of rotatable bonds is 1. The molecule has 1 saturated heterocycles. The van der Waals surface area contributed by atoms with E-state index in [2.05, 4.69) is 56.1 Å². The van der Waals surface area contributed by atoms with Gasteiger partial charge in [0.1, 0.15) is 0 Å². The Morgan fingerprint density at radius 3 is 2.59 bits per heavy atom. The third-order valence-corrected chi connectivity index (χ3v) is 3.75. The Morgan fingerprint density at radius 2 is 1.88 bits per heavy atom. The molecule has 2 unspecified atom stereocenters. The van der Waals surface area contributed by atoms with Crippen LogP contribution < -0.4 is 10.2 Å². The fourth-order valence-corrected chi connectivity index (χ4v) is 2.55. The molecule has 1 aromatic rings. The predicted molar refractivity (Wildman–Crippen MR) is 74.8 cm³/mol. The molecule has 17 heavy (non-hydrogen) atoms. The second-order valence-corrected chi connectivity index (χ2v) is 5.47. The average molecular weight is 232 g/mol. The number of hydrogen-bond donors (Lipinski definition) is 1. The molecule has 0 amide bonds. The smallest absolute Gasteiger partial charge is 0.0369 e. The zero-order valence-corrected chi connectivity index (χ0v) is 11.5. The summed E-state index contributed by atoms with van der Waals surface area (Å²) in [7, 11) is 0. The molecular formula is C15H24N2. The van der Waals surface area contributed by atoms with E-state index in [-0.39, 0.29) is 0 Å². The molecule has 1 fully saturated rings. The van der Waals surface area contributed by atoms with E-state index < -0.39 is 0 Å². The van der Waals surface area contributed by atoms with Gasteiger partial charge in [0.05, 0.1) is 0 Å². The molecule has 0 aromatic heterocycles. The first-order valence-electron chi connectivity index (χ1n) is 6.64. The minimum atomic E-state index is 0.564. The zero-order valence-electron chi connectivity index (χ0n) is 11.5. The number of nitrogens with zero attached hydrogens (tertiary/aromatic N) is 1. The first kappa shape index (κ1) is 12.4. The van der Waals surface area contributed by atoms with Gasteiger partial charge in [-0.3, -0.25) is 0 Å². The van der Waals surface area contributed by atoms with Crippen molar-refractivity contribution in [3.8, 4) is 0 Å². The predicted octanol–water partition coefficient (Wildman–Crippen LogP) is 2.88. The molecule has 1 aromatic carbocycles. The average Bonchev–Trinajstić information content (AvgIpc) is 2.43. The van der Waals surface area contributed by atoms with Gasteiger partial charge >= 0.3 is 0 Å². The summed E-state index contributed by atoms with van der Waals surface area (Å²) in [5, 5.41) is 3.63. The van der Waals surface area contributed by atoms with Crippen LogP contribution in [0.1, 0.15) is 31.4 Å².